The summed E-state index contributed by atoms with van der Waals surface area (Å²) in [6.07, 6.45) is 1.88. The molecule has 0 aliphatic heterocycles. The average Bonchev–Trinajstić information content (AvgIpc) is 2.36. The number of thiazole rings is 1. The molecule has 0 amide bonds. The van der Waals surface area contributed by atoms with Crippen molar-refractivity contribution in [1.82, 2.24) is 9.71 Å². The fourth-order valence-corrected chi connectivity index (χ4v) is 1.70. The van der Waals surface area contributed by atoms with E-state index in [1.807, 2.05) is 6.20 Å². The Morgan fingerprint density at radius 3 is 2.64 bits per heavy atom. The van der Waals surface area contributed by atoms with Crippen LogP contribution in [-0.2, 0) is 5.54 Å². The van der Waals surface area contributed by atoms with Gasteiger partial charge in [-0.15, -0.1) is 11.3 Å². The lowest BCUT2D eigenvalue weighted by Gasteiger charge is -2.19. The average molecular weight is 188 g/mol. The molecule has 1 heterocycles. The van der Waals surface area contributed by atoms with Crippen LogP contribution in [0.25, 0.3) is 0 Å². The minimum atomic E-state index is -0.123. The highest BCUT2D eigenvalue weighted by atomic mass is 32.1. The monoisotopic (exact) mass is 188 g/mol. The summed E-state index contributed by atoms with van der Waals surface area (Å²) in [7, 11) is 0. The molecule has 0 saturated carbocycles. The minimum Gasteiger partial charge on any atom is -0.254 e. The molecule has 2 nitrogen and oxygen atoms in total. The SMILES string of the molecule is Cc1cnc(C(C)(C)NS)s1. The van der Waals surface area contributed by atoms with Gasteiger partial charge in [0.2, 0.25) is 0 Å². The third kappa shape index (κ3) is 1.95. The van der Waals surface area contributed by atoms with E-state index in [1.165, 1.54) is 4.88 Å². The van der Waals surface area contributed by atoms with E-state index in [0.29, 0.717) is 0 Å². The standard InChI is InChI=1S/C7H12N2S2/c1-5-4-8-6(11-5)7(2,3)9-10/h4,9-10H,1-3H3. The van der Waals surface area contributed by atoms with Crippen LogP contribution < -0.4 is 4.72 Å². The van der Waals surface area contributed by atoms with Gasteiger partial charge in [-0.2, -0.15) is 0 Å². The van der Waals surface area contributed by atoms with Crippen molar-refractivity contribution in [1.29, 1.82) is 0 Å². The first-order chi connectivity index (χ1) is 5.06. The summed E-state index contributed by atoms with van der Waals surface area (Å²) in [5.41, 5.74) is -0.123. The molecule has 0 aliphatic rings. The molecule has 1 N–H and O–H groups in total. The van der Waals surface area contributed by atoms with E-state index in [1.54, 1.807) is 11.3 Å². The molecule has 0 saturated heterocycles. The van der Waals surface area contributed by atoms with E-state index in [0.717, 1.165) is 5.01 Å². The van der Waals surface area contributed by atoms with Crippen molar-refractivity contribution in [2.75, 3.05) is 0 Å². The molecule has 0 aromatic carbocycles. The number of nitrogens with one attached hydrogen (secondary N) is 1. The Morgan fingerprint density at radius 2 is 2.27 bits per heavy atom. The zero-order valence-corrected chi connectivity index (χ0v) is 8.59. The number of aryl methyl sites for hydroxylation is 1. The van der Waals surface area contributed by atoms with Crippen LogP contribution >= 0.6 is 24.2 Å². The van der Waals surface area contributed by atoms with E-state index >= 15 is 0 Å². The zero-order chi connectivity index (χ0) is 8.48. The molecule has 1 rings (SSSR count). The highest BCUT2D eigenvalue weighted by Gasteiger charge is 2.21. The summed E-state index contributed by atoms with van der Waals surface area (Å²) in [5.74, 6) is 0. The van der Waals surface area contributed by atoms with E-state index in [2.05, 4.69) is 43.3 Å². The van der Waals surface area contributed by atoms with Gasteiger partial charge in [0, 0.05) is 11.1 Å². The number of rotatable bonds is 2. The molecular weight excluding hydrogens is 176 g/mol. The summed E-state index contributed by atoms with van der Waals surface area (Å²) in [4.78, 5) is 5.50. The van der Waals surface area contributed by atoms with Crippen LogP contribution in [-0.4, -0.2) is 4.98 Å². The number of aromatic nitrogens is 1. The maximum absolute atomic E-state index is 4.27. The lowest BCUT2D eigenvalue weighted by Crippen LogP contribution is -2.29. The van der Waals surface area contributed by atoms with Gasteiger partial charge in [-0.05, 0) is 20.8 Å². The quantitative estimate of drug-likeness (QED) is 0.695. The normalized spacial score (nSPS) is 12.0. The molecule has 4 heteroatoms. The number of hydrogen-bond acceptors (Lipinski definition) is 4. The second kappa shape index (κ2) is 3.13. The number of thiol groups is 1. The molecule has 1 aromatic rings. The third-order valence-corrected chi connectivity index (χ3v) is 3.23. The molecule has 0 bridgehead atoms. The van der Waals surface area contributed by atoms with Crippen LogP contribution in [0.3, 0.4) is 0 Å². The maximum atomic E-state index is 4.27. The summed E-state index contributed by atoms with van der Waals surface area (Å²) in [6.45, 7) is 6.16. The summed E-state index contributed by atoms with van der Waals surface area (Å²) in [5, 5.41) is 1.07. The first-order valence-corrected chi connectivity index (χ1v) is 4.67. The number of hydrogen-bond donors (Lipinski definition) is 2. The van der Waals surface area contributed by atoms with Gasteiger partial charge in [0.05, 0.1) is 5.54 Å². The minimum absolute atomic E-state index is 0.123. The van der Waals surface area contributed by atoms with Crippen molar-refractivity contribution >= 4 is 24.2 Å². The highest BCUT2D eigenvalue weighted by molar-refractivity contribution is 7.78. The van der Waals surface area contributed by atoms with E-state index in [9.17, 15) is 0 Å². The molecule has 0 spiro atoms. The number of nitrogens with zero attached hydrogens (tertiary/aromatic N) is 1. The van der Waals surface area contributed by atoms with Gasteiger partial charge in [-0.1, -0.05) is 12.8 Å². The molecule has 0 unspecified atom stereocenters. The Hall–Kier alpha value is -0.0600. The second-order valence-electron chi connectivity index (χ2n) is 3.01. The van der Waals surface area contributed by atoms with Crippen LogP contribution in [0, 0.1) is 6.92 Å². The van der Waals surface area contributed by atoms with Gasteiger partial charge >= 0.3 is 0 Å². The predicted octanol–water partition coefficient (Wildman–Crippen LogP) is 2.12. The van der Waals surface area contributed by atoms with Crippen LogP contribution in [0.15, 0.2) is 6.20 Å². The molecule has 62 valence electrons. The highest BCUT2D eigenvalue weighted by Crippen LogP contribution is 2.24. The Balaban J connectivity index is 2.92. The molecule has 11 heavy (non-hydrogen) atoms. The molecule has 1 aromatic heterocycles. The van der Waals surface area contributed by atoms with Gasteiger partial charge in [-0.3, -0.25) is 4.72 Å². The van der Waals surface area contributed by atoms with Crippen LogP contribution in [0.2, 0.25) is 0 Å². The second-order valence-corrected chi connectivity index (χ2v) is 4.47. The predicted molar refractivity (Wildman–Crippen MR) is 52.0 cm³/mol. The molecule has 0 aliphatic carbocycles. The lowest BCUT2D eigenvalue weighted by molar-refractivity contribution is 0.509. The van der Waals surface area contributed by atoms with Crippen molar-refractivity contribution in [3.05, 3.63) is 16.1 Å². The molecule has 0 radical (unpaired) electrons. The van der Waals surface area contributed by atoms with Gasteiger partial charge in [-0.25, -0.2) is 4.98 Å². The molecule has 0 fully saturated rings. The summed E-state index contributed by atoms with van der Waals surface area (Å²) in [6, 6.07) is 0. The zero-order valence-electron chi connectivity index (χ0n) is 6.88. The Bertz CT molecular complexity index is 242. The van der Waals surface area contributed by atoms with Crippen molar-refractivity contribution < 1.29 is 0 Å². The summed E-state index contributed by atoms with van der Waals surface area (Å²) >= 11 is 5.74. The fourth-order valence-electron chi connectivity index (χ4n) is 0.691. The van der Waals surface area contributed by atoms with Crippen molar-refractivity contribution in [2.24, 2.45) is 0 Å². The fraction of sp³-hybridized carbons (Fsp3) is 0.571. The van der Waals surface area contributed by atoms with Crippen molar-refractivity contribution in [3.63, 3.8) is 0 Å². The smallest absolute Gasteiger partial charge is 0.113 e. The third-order valence-electron chi connectivity index (χ3n) is 1.44. The lowest BCUT2D eigenvalue weighted by atomic mass is 10.1. The van der Waals surface area contributed by atoms with Crippen molar-refractivity contribution in [2.45, 2.75) is 26.3 Å². The van der Waals surface area contributed by atoms with Crippen molar-refractivity contribution in [3.8, 4) is 0 Å². The van der Waals surface area contributed by atoms with Gasteiger partial charge in [0.25, 0.3) is 0 Å². The van der Waals surface area contributed by atoms with Crippen LogP contribution in [0.1, 0.15) is 23.7 Å². The first-order valence-electron chi connectivity index (χ1n) is 3.40. The summed E-state index contributed by atoms with van der Waals surface area (Å²) < 4.78 is 2.91. The molecular formula is C7H12N2S2. The topological polar surface area (TPSA) is 24.9 Å². The Kier molecular flexibility index (Phi) is 2.57. The van der Waals surface area contributed by atoms with E-state index in [-0.39, 0.29) is 5.54 Å². The van der Waals surface area contributed by atoms with Crippen LogP contribution in [0.4, 0.5) is 0 Å². The van der Waals surface area contributed by atoms with E-state index in [4.69, 9.17) is 0 Å². The Labute approximate surface area is 76.6 Å². The maximum Gasteiger partial charge on any atom is 0.113 e. The first kappa shape index (κ1) is 9.03. The Morgan fingerprint density at radius 1 is 1.64 bits per heavy atom. The molecule has 0 atom stereocenters. The van der Waals surface area contributed by atoms with Gasteiger partial charge in [0.15, 0.2) is 0 Å². The largest absolute Gasteiger partial charge is 0.254 e. The van der Waals surface area contributed by atoms with Gasteiger partial charge in [0.1, 0.15) is 5.01 Å². The van der Waals surface area contributed by atoms with E-state index < -0.39 is 0 Å². The van der Waals surface area contributed by atoms with Gasteiger partial charge < -0.3 is 0 Å². The van der Waals surface area contributed by atoms with Crippen LogP contribution in [0.5, 0.6) is 0 Å².